The van der Waals surface area contributed by atoms with E-state index in [9.17, 15) is 4.79 Å². The average Bonchev–Trinajstić information content (AvgIpc) is 2.96. The van der Waals surface area contributed by atoms with E-state index in [-0.39, 0.29) is 11.4 Å². The highest BCUT2D eigenvalue weighted by Crippen LogP contribution is 2.14. The molecule has 0 fully saturated rings. The zero-order chi connectivity index (χ0) is 15.7. The number of unbranched alkanes of at least 4 members (excludes halogenated alkanes) is 1. The molecule has 0 radical (unpaired) electrons. The van der Waals surface area contributed by atoms with Gasteiger partial charge in [0.1, 0.15) is 5.76 Å². The van der Waals surface area contributed by atoms with Crippen molar-refractivity contribution in [3.05, 3.63) is 17.5 Å². The minimum absolute atomic E-state index is 0.0703. The van der Waals surface area contributed by atoms with Crippen LogP contribution in [0.3, 0.4) is 0 Å². The molecule has 1 heterocycles. The monoisotopic (exact) mass is 295 g/mol. The van der Waals surface area contributed by atoms with E-state index in [0.717, 1.165) is 31.6 Å². The van der Waals surface area contributed by atoms with Gasteiger partial charge in [0.15, 0.2) is 5.69 Å². The minimum Gasteiger partial charge on any atom is -0.361 e. The smallest absolute Gasteiger partial charge is 0.273 e. The molecule has 0 aromatic carbocycles. The number of nitrogens with zero attached hydrogens (tertiary/aromatic N) is 1. The van der Waals surface area contributed by atoms with Crippen LogP contribution in [0.1, 0.15) is 69.6 Å². The van der Waals surface area contributed by atoms with Crippen LogP contribution in [0.15, 0.2) is 10.6 Å². The van der Waals surface area contributed by atoms with Gasteiger partial charge in [-0.2, -0.15) is 0 Å². The van der Waals surface area contributed by atoms with Crippen molar-refractivity contribution in [2.75, 3.05) is 13.1 Å². The van der Waals surface area contributed by atoms with Crippen LogP contribution in [0.25, 0.3) is 0 Å². The number of aromatic nitrogens is 1. The molecule has 5 heteroatoms. The van der Waals surface area contributed by atoms with Gasteiger partial charge in [-0.3, -0.25) is 4.79 Å². The summed E-state index contributed by atoms with van der Waals surface area (Å²) in [6, 6.07) is 1.70. The lowest BCUT2D eigenvalue weighted by atomic mass is 9.94. The predicted octanol–water partition coefficient (Wildman–Crippen LogP) is 2.92. The Hall–Kier alpha value is -1.36. The van der Waals surface area contributed by atoms with Gasteiger partial charge in [0.2, 0.25) is 0 Å². The lowest BCUT2D eigenvalue weighted by Crippen LogP contribution is -2.45. The van der Waals surface area contributed by atoms with Gasteiger partial charge < -0.3 is 15.2 Å². The summed E-state index contributed by atoms with van der Waals surface area (Å²) in [5, 5.41) is 10.3. The first kappa shape index (κ1) is 17.7. The lowest BCUT2D eigenvalue weighted by Gasteiger charge is -2.30. The summed E-state index contributed by atoms with van der Waals surface area (Å²) in [5.74, 6) is 0.574. The first-order valence-corrected chi connectivity index (χ1v) is 8.03. The molecule has 120 valence electrons. The van der Waals surface area contributed by atoms with Crippen molar-refractivity contribution in [1.82, 2.24) is 15.8 Å². The third kappa shape index (κ3) is 5.87. The molecule has 0 aliphatic carbocycles. The Kier molecular flexibility index (Phi) is 7.43. The van der Waals surface area contributed by atoms with Crippen molar-refractivity contribution in [3.63, 3.8) is 0 Å². The molecule has 0 bridgehead atoms. The van der Waals surface area contributed by atoms with E-state index in [1.54, 1.807) is 6.07 Å². The molecule has 1 rings (SSSR count). The largest absolute Gasteiger partial charge is 0.361 e. The van der Waals surface area contributed by atoms with Gasteiger partial charge in [0, 0.05) is 24.6 Å². The van der Waals surface area contributed by atoms with Crippen LogP contribution >= 0.6 is 0 Å². The molecular formula is C16H29N3O2. The van der Waals surface area contributed by atoms with E-state index >= 15 is 0 Å². The van der Waals surface area contributed by atoms with Crippen LogP contribution in [0, 0.1) is 0 Å². The topological polar surface area (TPSA) is 67.2 Å². The number of rotatable bonds is 10. The van der Waals surface area contributed by atoms with Crippen LogP contribution in [-0.2, 0) is 6.42 Å². The fourth-order valence-corrected chi connectivity index (χ4v) is 2.09. The fourth-order valence-electron chi connectivity index (χ4n) is 2.09. The molecule has 0 aliphatic rings. The molecule has 2 N–H and O–H groups in total. The quantitative estimate of drug-likeness (QED) is 0.651. The summed E-state index contributed by atoms with van der Waals surface area (Å²) in [6.45, 7) is 10.2. The highest BCUT2D eigenvalue weighted by Gasteiger charge is 2.21. The third-order valence-corrected chi connectivity index (χ3v) is 3.96. The maximum Gasteiger partial charge on any atom is 0.273 e. The molecule has 1 aromatic rings. The highest BCUT2D eigenvalue weighted by molar-refractivity contribution is 5.92. The van der Waals surface area contributed by atoms with Crippen molar-refractivity contribution in [2.45, 2.75) is 65.3 Å². The van der Waals surface area contributed by atoms with Gasteiger partial charge in [-0.1, -0.05) is 32.3 Å². The molecule has 0 saturated heterocycles. The van der Waals surface area contributed by atoms with E-state index in [1.807, 2.05) is 6.92 Å². The van der Waals surface area contributed by atoms with E-state index in [1.165, 1.54) is 12.8 Å². The number of carbonyl (C=O) groups is 1. The van der Waals surface area contributed by atoms with E-state index in [2.05, 4.69) is 36.6 Å². The molecule has 0 aliphatic heterocycles. The molecule has 5 nitrogen and oxygen atoms in total. The summed E-state index contributed by atoms with van der Waals surface area (Å²) in [7, 11) is 0. The van der Waals surface area contributed by atoms with Gasteiger partial charge in [0.05, 0.1) is 0 Å². The Morgan fingerprint density at radius 2 is 2.10 bits per heavy atom. The third-order valence-electron chi connectivity index (χ3n) is 3.96. The van der Waals surface area contributed by atoms with Crippen molar-refractivity contribution in [2.24, 2.45) is 0 Å². The molecule has 0 saturated carbocycles. The maximum absolute atomic E-state index is 12.0. The number of nitrogens with one attached hydrogen (secondary N) is 2. The van der Waals surface area contributed by atoms with Crippen molar-refractivity contribution >= 4 is 5.91 Å². The van der Waals surface area contributed by atoms with Gasteiger partial charge in [0.25, 0.3) is 5.91 Å². The summed E-state index contributed by atoms with van der Waals surface area (Å²) in [4.78, 5) is 12.0. The molecule has 1 atom stereocenters. The van der Waals surface area contributed by atoms with Gasteiger partial charge in [-0.05, 0) is 32.7 Å². The molecule has 21 heavy (non-hydrogen) atoms. The average molecular weight is 295 g/mol. The Morgan fingerprint density at radius 1 is 1.33 bits per heavy atom. The number of carbonyl (C=O) groups excluding carboxylic acids is 1. The summed E-state index contributed by atoms with van der Waals surface area (Å²) in [6.07, 6.45) is 5.06. The minimum atomic E-state index is -0.162. The Morgan fingerprint density at radius 3 is 2.67 bits per heavy atom. The second kappa shape index (κ2) is 8.82. The number of hydrogen-bond donors (Lipinski definition) is 2. The fraction of sp³-hybridized carbons (Fsp3) is 0.750. The summed E-state index contributed by atoms with van der Waals surface area (Å²) < 4.78 is 5.05. The van der Waals surface area contributed by atoms with Crippen LogP contribution < -0.4 is 10.6 Å². The first-order chi connectivity index (χ1) is 10.0. The standard InChI is InChI=1S/C16H29N3O2/c1-5-8-10-18-16(4,7-3)9-11-17-15(20)14-12-13(6-2)21-19-14/h12,18H,5-11H2,1-4H3,(H,17,20). The number of amides is 1. The van der Waals surface area contributed by atoms with Crippen LogP contribution in [0.4, 0.5) is 0 Å². The second-order valence-electron chi connectivity index (χ2n) is 5.73. The van der Waals surface area contributed by atoms with Gasteiger partial charge in [-0.15, -0.1) is 0 Å². The van der Waals surface area contributed by atoms with Crippen LogP contribution in [0.2, 0.25) is 0 Å². The van der Waals surface area contributed by atoms with Crippen molar-refractivity contribution < 1.29 is 9.32 Å². The first-order valence-electron chi connectivity index (χ1n) is 8.03. The van der Waals surface area contributed by atoms with Crippen LogP contribution in [-0.4, -0.2) is 29.7 Å². The van der Waals surface area contributed by atoms with Crippen LogP contribution in [0.5, 0.6) is 0 Å². The normalized spacial score (nSPS) is 13.9. The zero-order valence-corrected chi connectivity index (χ0v) is 13.8. The van der Waals surface area contributed by atoms with Crippen molar-refractivity contribution in [3.8, 4) is 0 Å². The molecule has 1 unspecified atom stereocenters. The Labute approximate surface area is 127 Å². The van der Waals surface area contributed by atoms with E-state index in [0.29, 0.717) is 12.2 Å². The van der Waals surface area contributed by atoms with Crippen molar-refractivity contribution in [1.29, 1.82) is 0 Å². The molecule has 0 spiro atoms. The maximum atomic E-state index is 12.0. The Balaban J connectivity index is 2.37. The summed E-state index contributed by atoms with van der Waals surface area (Å²) >= 11 is 0. The van der Waals surface area contributed by atoms with Gasteiger partial charge in [-0.25, -0.2) is 0 Å². The lowest BCUT2D eigenvalue weighted by molar-refractivity contribution is 0.0940. The molecule has 1 aromatic heterocycles. The highest BCUT2D eigenvalue weighted by atomic mass is 16.5. The zero-order valence-electron chi connectivity index (χ0n) is 13.8. The number of hydrogen-bond acceptors (Lipinski definition) is 4. The molecular weight excluding hydrogens is 266 g/mol. The predicted molar refractivity (Wildman–Crippen MR) is 84.4 cm³/mol. The van der Waals surface area contributed by atoms with Gasteiger partial charge >= 0.3 is 0 Å². The van der Waals surface area contributed by atoms with E-state index in [4.69, 9.17) is 4.52 Å². The number of aryl methyl sites for hydroxylation is 1. The Bertz CT molecular complexity index is 431. The molecule has 1 amide bonds. The second-order valence-corrected chi connectivity index (χ2v) is 5.73. The SMILES string of the molecule is CCCCNC(C)(CC)CCNC(=O)c1cc(CC)on1. The van der Waals surface area contributed by atoms with E-state index < -0.39 is 0 Å². The summed E-state index contributed by atoms with van der Waals surface area (Å²) in [5.41, 5.74) is 0.435.